The molecule has 0 fully saturated rings. The van der Waals surface area contributed by atoms with Crippen LogP contribution in [-0.2, 0) is 16.0 Å². The van der Waals surface area contributed by atoms with Crippen LogP contribution in [-0.4, -0.2) is 27.8 Å². The molecule has 0 aliphatic carbocycles. The van der Waals surface area contributed by atoms with Gasteiger partial charge in [0.05, 0.1) is 17.8 Å². The number of carbonyl (C=O) groups is 2. The molecule has 1 aliphatic rings. The van der Waals surface area contributed by atoms with Gasteiger partial charge >= 0.3 is 5.97 Å². The number of carbonyl (C=O) groups excluding carboxylic acids is 2. The molecular weight excluding hydrogens is 294 g/mol. The van der Waals surface area contributed by atoms with Crippen molar-refractivity contribution >= 4 is 17.7 Å². The van der Waals surface area contributed by atoms with Crippen LogP contribution in [0.4, 0.5) is 5.82 Å². The average molecular weight is 313 g/mol. The first-order chi connectivity index (χ1) is 11.1. The summed E-state index contributed by atoms with van der Waals surface area (Å²) in [7, 11) is 0. The van der Waals surface area contributed by atoms with E-state index in [9.17, 15) is 9.59 Å². The molecule has 1 aliphatic heterocycles. The number of benzene rings is 1. The maximum Gasteiger partial charge on any atom is 0.339 e. The first kappa shape index (κ1) is 15.3. The molecule has 1 N–H and O–H groups in total. The lowest BCUT2D eigenvalue weighted by atomic mass is 9.98. The zero-order valence-electron chi connectivity index (χ0n) is 13.2. The van der Waals surface area contributed by atoms with Gasteiger partial charge in [0, 0.05) is 12.5 Å². The van der Waals surface area contributed by atoms with Gasteiger partial charge in [-0.2, -0.15) is 5.10 Å². The van der Waals surface area contributed by atoms with Gasteiger partial charge in [-0.05, 0) is 25.0 Å². The fraction of sp³-hybridized carbons (Fsp3) is 0.353. The first-order valence-corrected chi connectivity index (χ1v) is 7.73. The largest absolute Gasteiger partial charge is 0.448 e. The van der Waals surface area contributed by atoms with E-state index in [0.717, 1.165) is 12.0 Å². The summed E-state index contributed by atoms with van der Waals surface area (Å²) in [6.07, 6.45) is 2.10. The molecule has 1 aromatic heterocycles. The third-order valence-corrected chi connectivity index (χ3v) is 4.11. The summed E-state index contributed by atoms with van der Waals surface area (Å²) in [6.45, 7) is 4.08. The van der Waals surface area contributed by atoms with Crippen LogP contribution in [0.3, 0.4) is 0 Å². The summed E-state index contributed by atoms with van der Waals surface area (Å²) in [4.78, 5) is 24.5. The van der Waals surface area contributed by atoms with Crippen molar-refractivity contribution < 1.29 is 14.3 Å². The molecular formula is C17H19N3O3. The molecule has 1 aromatic carbocycles. The van der Waals surface area contributed by atoms with Gasteiger partial charge in [0.25, 0.3) is 5.91 Å². The Bertz CT molecular complexity index is 738. The summed E-state index contributed by atoms with van der Waals surface area (Å²) < 4.78 is 7.03. The number of rotatable bonds is 4. The highest BCUT2D eigenvalue weighted by Crippen LogP contribution is 2.22. The van der Waals surface area contributed by atoms with Gasteiger partial charge in [-0.25, -0.2) is 9.48 Å². The maximum atomic E-state index is 12.5. The number of fused-ring (bicyclic) bond motifs is 1. The number of hydrogen-bond donors (Lipinski definition) is 1. The molecule has 2 heterocycles. The lowest BCUT2D eigenvalue weighted by Gasteiger charge is -2.24. The van der Waals surface area contributed by atoms with Crippen LogP contribution in [0, 0.1) is 0 Å². The van der Waals surface area contributed by atoms with Gasteiger partial charge in [-0.3, -0.25) is 4.79 Å². The highest BCUT2D eigenvalue weighted by molar-refractivity contribution is 5.99. The number of hydrogen-bond acceptors (Lipinski definition) is 4. The second-order valence-corrected chi connectivity index (χ2v) is 5.66. The van der Waals surface area contributed by atoms with Crippen LogP contribution < -0.4 is 5.32 Å². The van der Waals surface area contributed by atoms with Crippen LogP contribution in [0.5, 0.6) is 0 Å². The number of cyclic esters (lactones) is 1. The van der Waals surface area contributed by atoms with Crippen molar-refractivity contribution in [2.75, 3.05) is 5.32 Å². The van der Waals surface area contributed by atoms with E-state index in [4.69, 9.17) is 4.74 Å². The van der Waals surface area contributed by atoms with Crippen molar-refractivity contribution in [3.8, 4) is 0 Å². The molecule has 0 spiro atoms. The van der Waals surface area contributed by atoms with Crippen LogP contribution >= 0.6 is 0 Å². The normalized spacial score (nSPS) is 18.0. The smallest absolute Gasteiger partial charge is 0.339 e. The number of amides is 1. The summed E-state index contributed by atoms with van der Waals surface area (Å²) in [6, 6.07) is 9.11. The lowest BCUT2D eigenvalue weighted by molar-refractivity contribution is -0.125. The molecule has 0 radical (unpaired) electrons. The third kappa shape index (κ3) is 2.97. The number of anilines is 1. The van der Waals surface area contributed by atoms with E-state index in [-0.39, 0.29) is 11.9 Å². The van der Waals surface area contributed by atoms with Crippen LogP contribution in [0.1, 0.15) is 42.2 Å². The van der Waals surface area contributed by atoms with Crippen molar-refractivity contribution in [1.82, 2.24) is 9.78 Å². The summed E-state index contributed by atoms with van der Waals surface area (Å²) >= 11 is 0. The molecule has 1 amide bonds. The zero-order chi connectivity index (χ0) is 16.4. The second kappa shape index (κ2) is 6.24. The Balaban J connectivity index is 1.75. The zero-order valence-corrected chi connectivity index (χ0v) is 13.2. The van der Waals surface area contributed by atoms with Crippen LogP contribution in [0.2, 0.25) is 0 Å². The van der Waals surface area contributed by atoms with Crippen molar-refractivity contribution in [1.29, 1.82) is 0 Å². The fourth-order valence-corrected chi connectivity index (χ4v) is 2.62. The topological polar surface area (TPSA) is 73.2 Å². The minimum Gasteiger partial charge on any atom is -0.448 e. The summed E-state index contributed by atoms with van der Waals surface area (Å²) in [5.74, 6) is -0.181. The Kier molecular flexibility index (Phi) is 4.14. The molecule has 120 valence electrons. The van der Waals surface area contributed by atoms with Gasteiger partial charge in [0.2, 0.25) is 0 Å². The third-order valence-electron chi connectivity index (χ3n) is 4.11. The standard InChI is InChI=1S/C17H19N3O3/c1-3-11(2)20-15(8-9-18-20)19-16(21)14-10-12-6-4-5-7-13(12)17(22)23-14/h4-9,11,14H,3,10H2,1-2H3,(H,19,21). The number of nitrogens with one attached hydrogen (secondary N) is 1. The van der Waals surface area contributed by atoms with E-state index in [1.54, 1.807) is 29.1 Å². The van der Waals surface area contributed by atoms with E-state index >= 15 is 0 Å². The number of nitrogens with zero attached hydrogens (tertiary/aromatic N) is 2. The van der Waals surface area contributed by atoms with E-state index < -0.39 is 12.1 Å². The highest BCUT2D eigenvalue weighted by Gasteiger charge is 2.31. The Hall–Kier alpha value is -2.63. The lowest BCUT2D eigenvalue weighted by Crippen LogP contribution is -2.38. The summed E-state index contributed by atoms with van der Waals surface area (Å²) in [5.41, 5.74) is 1.36. The Morgan fingerprint density at radius 1 is 1.43 bits per heavy atom. The Morgan fingerprint density at radius 2 is 2.22 bits per heavy atom. The monoisotopic (exact) mass is 313 g/mol. The molecule has 2 aromatic rings. The predicted molar refractivity (Wildman–Crippen MR) is 85.2 cm³/mol. The molecule has 3 rings (SSSR count). The SMILES string of the molecule is CCC(C)n1nccc1NC(=O)C1Cc2ccccc2C(=O)O1. The Labute approximate surface area is 134 Å². The van der Waals surface area contributed by atoms with E-state index in [2.05, 4.69) is 17.3 Å². The highest BCUT2D eigenvalue weighted by atomic mass is 16.5. The van der Waals surface area contributed by atoms with Gasteiger partial charge in [-0.1, -0.05) is 25.1 Å². The van der Waals surface area contributed by atoms with Gasteiger partial charge in [-0.15, -0.1) is 0 Å². The van der Waals surface area contributed by atoms with E-state index in [1.165, 1.54) is 0 Å². The van der Waals surface area contributed by atoms with E-state index in [1.807, 2.05) is 19.1 Å². The molecule has 6 heteroatoms. The maximum absolute atomic E-state index is 12.5. The number of ether oxygens (including phenoxy) is 1. The average Bonchev–Trinajstić information content (AvgIpc) is 3.02. The number of aromatic nitrogens is 2. The predicted octanol–water partition coefficient (Wildman–Crippen LogP) is 2.57. The minimum atomic E-state index is -0.822. The fourth-order valence-electron chi connectivity index (χ4n) is 2.62. The molecule has 6 nitrogen and oxygen atoms in total. The van der Waals surface area contributed by atoms with Gasteiger partial charge in [0.1, 0.15) is 5.82 Å². The van der Waals surface area contributed by atoms with Crippen molar-refractivity contribution in [2.45, 2.75) is 38.8 Å². The van der Waals surface area contributed by atoms with Crippen molar-refractivity contribution in [2.24, 2.45) is 0 Å². The Morgan fingerprint density at radius 3 is 3.00 bits per heavy atom. The molecule has 0 saturated heterocycles. The van der Waals surface area contributed by atoms with Gasteiger partial charge in [0.15, 0.2) is 6.10 Å². The van der Waals surface area contributed by atoms with Gasteiger partial charge < -0.3 is 10.1 Å². The number of esters is 1. The molecule has 2 atom stereocenters. The van der Waals surface area contributed by atoms with Crippen molar-refractivity contribution in [3.63, 3.8) is 0 Å². The van der Waals surface area contributed by atoms with Crippen molar-refractivity contribution in [3.05, 3.63) is 47.7 Å². The first-order valence-electron chi connectivity index (χ1n) is 7.73. The molecule has 2 unspecified atom stereocenters. The van der Waals surface area contributed by atoms with Crippen LogP contribution in [0.25, 0.3) is 0 Å². The molecule has 23 heavy (non-hydrogen) atoms. The second-order valence-electron chi connectivity index (χ2n) is 5.66. The minimum absolute atomic E-state index is 0.176. The molecule has 0 bridgehead atoms. The van der Waals surface area contributed by atoms with E-state index in [0.29, 0.717) is 17.8 Å². The quantitative estimate of drug-likeness (QED) is 0.881. The molecule has 0 saturated carbocycles. The summed E-state index contributed by atoms with van der Waals surface area (Å²) in [5, 5.41) is 7.04. The van der Waals surface area contributed by atoms with Crippen LogP contribution in [0.15, 0.2) is 36.5 Å².